The molecule has 0 spiro atoms. The van der Waals surface area contributed by atoms with Crippen molar-refractivity contribution >= 4 is 81.3 Å². The van der Waals surface area contributed by atoms with Crippen molar-refractivity contribution in [1.82, 2.24) is 0 Å². The zero-order chi connectivity index (χ0) is 28.3. The number of furan rings is 1. The van der Waals surface area contributed by atoms with Gasteiger partial charge in [-0.05, 0) is 59.5 Å². The Kier molecular flexibility index (Phi) is 5.40. The fraction of sp³-hybridized carbons (Fsp3) is 0. The maximum absolute atomic E-state index is 6.39. The predicted molar refractivity (Wildman–Crippen MR) is 184 cm³/mol. The molecule has 9 rings (SSSR count). The number of nitrogens with zero attached hydrogens (tertiary/aromatic N) is 1. The summed E-state index contributed by atoms with van der Waals surface area (Å²) in [5.41, 5.74) is 7.47. The second-order valence-corrected chi connectivity index (χ2v) is 12.0. The van der Waals surface area contributed by atoms with E-state index in [1.807, 2.05) is 17.4 Å². The van der Waals surface area contributed by atoms with Crippen LogP contribution >= 0.6 is 11.3 Å². The Morgan fingerprint density at radius 1 is 0.442 bits per heavy atom. The molecular formula is C40H25NOS. The third-order valence-corrected chi connectivity index (χ3v) is 9.58. The van der Waals surface area contributed by atoms with Gasteiger partial charge in [-0.15, -0.1) is 11.3 Å². The van der Waals surface area contributed by atoms with Crippen LogP contribution in [0.5, 0.6) is 0 Å². The van der Waals surface area contributed by atoms with Crippen molar-refractivity contribution in [3.63, 3.8) is 0 Å². The number of hydrogen-bond donors (Lipinski definition) is 0. The highest BCUT2D eigenvalue weighted by molar-refractivity contribution is 7.25. The highest BCUT2D eigenvalue weighted by Gasteiger charge is 2.23. The van der Waals surface area contributed by atoms with Crippen LogP contribution in [0.1, 0.15) is 0 Å². The van der Waals surface area contributed by atoms with E-state index in [1.54, 1.807) is 0 Å². The zero-order valence-corrected chi connectivity index (χ0v) is 24.0. The molecule has 0 bridgehead atoms. The Labute approximate surface area is 252 Å². The molecule has 2 nitrogen and oxygen atoms in total. The van der Waals surface area contributed by atoms with Crippen LogP contribution in [-0.4, -0.2) is 0 Å². The molecule has 0 amide bonds. The molecule has 0 atom stereocenters. The van der Waals surface area contributed by atoms with Crippen molar-refractivity contribution in [2.24, 2.45) is 0 Å². The second-order valence-electron chi connectivity index (χ2n) is 10.9. The fourth-order valence-corrected chi connectivity index (χ4v) is 7.67. The molecule has 2 heterocycles. The number of thiophene rings is 1. The number of para-hydroxylation sites is 2. The molecular weight excluding hydrogens is 543 g/mol. The molecule has 0 radical (unpaired) electrons. The number of anilines is 3. The molecule has 0 saturated heterocycles. The summed E-state index contributed by atoms with van der Waals surface area (Å²) in [5.74, 6) is 0. The summed E-state index contributed by atoms with van der Waals surface area (Å²) in [7, 11) is 0. The molecule has 0 aliphatic heterocycles. The van der Waals surface area contributed by atoms with Gasteiger partial charge in [-0.1, -0.05) is 103 Å². The van der Waals surface area contributed by atoms with E-state index in [1.165, 1.54) is 42.1 Å². The smallest absolute Gasteiger partial charge is 0.137 e. The highest BCUT2D eigenvalue weighted by atomic mass is 32.1. The quantitative estimate of drug-likeness (QED) is 0.210. The monoisotopic (exact) mass is 567 g/mol. The van der Waals surface area contributed by atoms with Gasteiger partial charge in [-0.2, -0.15) is 0 Å². The maximum atomic E-state index is 6.39. The number of rotatable bonds is 4. The Morgan fingerprint density at radius 3 is 2.07 bits per heavy atom. The Balaban J connectivity index is 1.41. The van der Waals surface area contributed by atoms with Gasteiger partial charge in [0.2, 0.25) is 0 Å². The van der Waals surface area contributed by atoms with Crippen LogP contribution < -0.4 is 4.90 Å². The molecule has 2 aromatic heterocycles. The number of hydrogen-bond acceptors (Lipinski definition) is 3. The largest absolute Gasteiger partial charge is 0.456 e. The predicted octanol–water partition coefficient (Wildman–Crippen LogP) is 12.2. The van der Waals surface area contributed by atoms with Crippen LogP contribution in [0.2, 0.25) is 0 Å². The molecule has 0 unspecified atom stereocenters. The van der Waals surface area contributed by atoms with Gasteiger partial charge in [0, 0.05) is 36.5 Å². The van der Waals surface area contributed by atoms with Gasteiger partial charge in [-0.25, -0.2) is 0 Å². The van der Waals surface area contributed by atoms with E-state index >= 15 is 0 Å². The molecule has 43 heavy (non-hydrogen) atoms. The lowest BCUT2D eigenvalue weighted by atomic mass is 9.99. The molecule has 0 N–H and O–H groups in total. The van der Waals surface area contributed by atoms with E-state index in [2.05, 4.69) is 150 Å². The third-order valence-electron chi connectivity index (χ3n) is 8.45. The van der Waals surface area contributed by atoms with Crippen molar-refractivity contribution < 1.29 is 4.42 Å². The van der Waals surface area contributed by atoms with E-state index < -0.39 is 0 Å². The van der Waals surface area contributed by atoms with Gasteiger partial charge >= 0.3 is 0 Å². The first-order valence-electron chi connectivity index (χ1n) is 14.5. The van der Waals surface area contributed by atoms with Crippen LogP contribution in [0.3, 0.4) is 0 Å². The number of fused-ring (bicyclic) bond motifs is 7. The van der Waals surface area contributed by atoms with E-state index in [-0.39, 0.29) is 0 Å². The second kappa shape index (κ2) is 9.59. The number of benzene rings is 7. The SMILES string of the molecule is c1ccc(-c2ccccc2N(c2cccc3cc4sc5ccccc5c4cc23)c2cccc3oc4ccccc4c23)cc1. The summed E-state index contributed by atoms with van der Waals surface area (Å²) in [5, 5.41) is 7.26. The van der Waals surface area contributed by atoms with E-state index in [4.69, 9.17) is 4.42 Å². The van der Waals surface area contributed by atoms with Crippen LogP contribution in [0, 0.1) is 0 Å². The van der Waals surface area contributed by atoms with Gasteiger partial charge < -0.3 is 9.32 Å². The summed E-state index contributed by atoms with van der Waals surface area (Å²) >= 11 is 1.86. The first-order valence-corrected chi connectivity index (χ1v) is 15.3. The summed E-state index contributed by atoms with van der Waals surface area (Å²) in [6.45, 7) is 0. The molecule has 3 heteroatoms. The Bertz CT molecular complexity index is 2470. The molecule has 0 aliphatic rings. The molecule has 0 fully saturated rings. The molecule has 0 saturated carbocycles. The summed E-state index contributed by atoms with van der Waals surface area (Å²) in [4.78, 5) is 2.44. The average molecular weight is 568 g/mol. The summed E-state index contributed by atoms with van der Waals surface area (Å²) in [6.07, 6.45) is 0. The minimum absolute atomic E-state index is 0.882. The standard InChI is InChI=1S/C40H25NOS/c1-2-12-26(13-3-1)28-15-4-7-18-33(28)41(35-20-11-22-37-40(35)30-17-5-8-21-36(30)42-37)34-19-10-14-27-24-39-32(25-31(27)34)29-16-6-9-23-38(29)43-39/h1-25H. The maximum Gasteiger partial charge on any atom is 0.137 e. The molecule has 0 aliphatic carbocycles. The van der Waals surface area contributed by atoms with Crippen molar-refractivity contribution in [2.45, 2.75) is 0 Å². The minimum atomic E-state index is 0.882. The first-order chi connectivity index (χ1) is 21.3. The lowest BCUT2D eigenvalue weighted by Gasteiger charge is -2.29. The van der Waals surface area contributed by atoms with E-state index in [0.717, 1.165) is 39.0 Å². The molecule has 9 aromatic rings. The van der Waals surface area contributed by atoms with Gasteiger partial charge in [-0.3, -0.25) is 0 Å². The van der Waals surface area contributed by atoms with E-state index in [0.29, 0.717) is 0 Å². The highest BCUT2D eigenvalue weighted by Crippen LogP contribution is 2.48. The van der Waals surface area contributed by atoms with E-state index in [9.17, 15) is 0 Å². The van der Waals surface area contributed by atoms with Gasteiger partial charge in [0.25, 0.3) is 0 Å². The van der Waals surface area contributed by atoms with Crippen LogP contribution in [0.25, 0.3) is 64.0 Å². The van der Waals surface area contributed by atoms with Crippen LogP contribution in [0.4, 0.5) is 17.1 Å². The third kappa shape index (κ3) is 3.79. The Hall–Kier alpha value is -5.38. The topological polar surface area (TPSA) is 16.4 Å². The normalized spacial score (nSPS) is 11.7. The van der Waals surface area contributed by atoms with Gasteiger partial charge in [0.1, 0.15) is 11.2 Å². The van der Waals surface area contributed by atoms with Crippen molar-refractivity contribution in [1.29, 1.82) is 0 Å². The van der Waals surface area contributed by atoms with Crippen LogP contribution in [0.15, 0.2) is 156 Å². The van der Waals surface area contributed by atoms with Crippen molar-refractivity contribution in [3.05, 3.63) is 152 Å². The van der Waals surface area contributed by atoms with Gasteiger partial charge in [0.05, 0.1) is 22.4 Å². The summed E-state index contributed by atoms with van der Waals surface area (Å²) < 4.78 is 9.01. The minimum Gasteiger partial charge on any atom is -0.456 e. The van der Waals surface area contributed by atoms with Crippen molar-refractivity contribution in [2.75, 3.05) is 4.90 Å². The fourth-order valence-electron chi connectivity index (χ4n) is 6.54. The average Bonchev–Trinajstić information content (AvgIpc) is 3.63. The molecule has 7 aromatic carbocycles. The molecule has 202 valence electrons. The van der Waals surface area contributed by atoms with Crippen molar-refractivity contribution in [3.8, 4) is 11.1 Å². The zero-order valence-electron chi connectivity index (χ0n) is 23.2. The lowest BCUT2D eigenvalue weighted by Crippen LogP contribution is -2.12. The first kappa shape index (κ1) is 24.2. The van der Waals surface area contributed by atoms with Crippen LogP contribution in [-0.2, 0) is 0 Å². The lowest BCUT2D eigenvalue weighted by molar-refractivity contribution is 0.669. The Morgan fingerprint density at radius 2 is 1.14 bits per heavy atom. The summed E-state index contributed by atoms with van der Waals surface area (Å²) in [6, 6.07) is 54.3. The van der Waals surface area contributed by atoms with Gasteiger partial charge in [0.15, 0.2) is 0 Å².